The van der Waals surface area contributed by atoms with Crippen LogP contribution < -0.4 is 0 Å². The number of aliphatic hydroxyl groups is 2. The Morgan fingerprint density at radius 1 is 1.15 bits per heavy atom. The van der Waals surface area contributed by atoms with Crippen LogP contribution in [0, 0.1) is 5.92 Å². The summed E-state index contributed by atoms with van der Waals surface area (Å²) < 4.78 is 11.6. The van der Waals surface area contributed by atoms with Crippen molar-refractivity contribution in [2.24, 2.45) is 5.92 Å². The van der Waals surface area contributed by atoms with E-state index in [-0.39, 0.29) is 19.1 Å². The fourth-order valence-corrected chi connectivity index (χ4v) is 3.93. The Balaban J connectivity index is 2.06. The van der Waals surface area contributed by atoms with Gasteiger partial charge in [0, 0.05) is 46.3 Å². The molecule has 1 heterocycles. The number of benzene rings is 1. The van der Waals surface area contributed by atoms with E-state index in [4.69, 9.17) is 9.47 Å². The highest BCUT2D eigenvalue weighted by Gasteiger charge is 2.30. The van der Waals surface area contributed by atoms with Crippen LogP contribution in [0.15, 0.2) is 30.3 Å². The maximum atomic E-state index is 12.4. The summed E-state index contributed by atoms with van der Waals surface area (Å²) in [4.78, 5) is 16.6. The third-order valence-corrected chi connectivity index (χ3v) is 6.20. The highest BCUT2D eigenvalue weighted by molar-refractivity contribution is 5.73. The van der Waals surface area contributed by atoms with E-state index in [1.165, 1.54) is 5.56 Å². The quantitative estimate of drug-likeness (QED) is 0.645. The minimum atomic E-state index is -1.11. The Kier molecular flexibility index (Phi) is 12.9. The minimum absolute atomic E-state index is 0.0551. The van der Waals surface area contributed by atoms with Gasteiger partial charge in [0.15, 0.2) is 0 Å². The molecular formula is C26H44N2O5. The van der Waals surface area contributed by atoms with Crippen molar-refractivity contribution < 1.29 is 24.5 Å². The summed E-state index contributed by atoms with van der Waals surface area (Å²) >= 11 is 0. The molecule has 0 bridgehead atoms. The van der Waals surface area contributed by atoms with Crippen LogP contribution in [0.1, 0.15) is 45.6 Å². The SMILES string of the molecule is CC(=O)N1CCN(CCc2ccccc2)CCCCOC[C@@H](O)[C@@H](O)[C@H](OCCC(C)C)C1. The molecule has 0 aliphatic carbocycles. The van der Waals surface area contributed by atoms with Crippen molar-refractivity contribution in [1.29, 1.82) is 0 Å². The fraction of sp³-hybridized carbons (Fsp3) is 0.731. The molecule has 7 nitrogen and oxygen atoms in total. The lowest BCUT2D eigenvalue weighted by Gasteiger charge is -2.33. The first-order chi connectivity index (χ1) is 15.9. The maximum absolute atomic E-state index is 12.4. The monoisotopic (exact) mass is 464 g/mol. The van der Waals surface area contributed by atoms with Gasteiger partial charge in [-0.2, -0.15) is 0 Å². The van der Waals surface area contributed by atoms with Gasteiger partial charge in [0.2, 0.25) is 5.91 Å². The van der Waals surface area contributed by atoms with Crippen LogP contribution in [0.3, 0.4) is 0 Å². The van der Waals surface area contributed by atoms with Crippen LogP contribution in [0.2, 0.25) is 0 Å². The van der Waals surface area contributed by atoms with Crippen LogP contribution >= 0.6 is 0 Å². The Hall–Kier alpha value is -1.51. The number of rotatable bonds is 7. The summed E-state index contributed by atoms with van der Waals surface area (Å²) in [6.45, 7) is 10.3. The third kappa shape index (κ3) is 11.0. The standard InChI is InChI=1S/C26H44N2O5/c1-21(2)12-18-33-25-19-28(22(3)29)16-15-27(14-11-23-9-5-4-6-10-23)13-7-8-17-32-20-24(30)26(25)31/h4-6,9-10,21,24-26,30-31H,7-8,11-20H2,1-3H3/t24-,25-,26-/m1/s1. The molecule has 188 valence electrons. The Labute approximate surface area is 199 Å². The van der Waals surface area contributed by atoms with Gasteiger partial charge in [0.25, 0.3) is 0 Å². The molecule has 2 N–H and O–H groups in total. The maximum Gasteiger partial charge on any atom is 0.219 e. The fourth-order valence-electron chi connectivity index (χ4n) is 3.93. The van der Waals surface area contributed by atoms with Crippen molar-refractivity contribution in [2.75, 3.05) is 52.5 Å². The summed E-state index contributed by atoms with van der Waals surface area (Å²) in [6, 6.07) is 10.4. The van der Waals surface area contributed by atoms with E-state index in [0.717, 1.165) is 45.3 Å². The van der Waals surface area contributed by atoms with Gasteiger partial charge in [-0.1, -0.05) is 44.2 Å². The lowest BCUT2D eigenvalue weighted by atomic mass is 10.1. The zero-order valence-corrected chi connectivity index (χ0v) is 20.7. The first-order valence-electron chi connectivity index (χ1n) is 12.4. The van der Waals surface area contributed by atoms with Crippen molar-refractivity contribution in [3.63, 3.8) is 0 Å². The lowest BCUT2D eigenvalue weighted by molar-refractivity contribution is -0.140. The Morgan fingerprint density at radius 3 is 2.61 bits per heavy atom. The second kappa shape index (κ2) is 15.4. The molecule has 1 aromatic rings. The van der Waals surface area contributed by atoms with Gasteiger partial charge in [0.05, 0.1) is 6.61 Å². The molecule has 2 rings (SSSR count). The van der Waals surface area contributed by atoms with Crippen LogP contribution in [-0.2, 0) is 20.7 Å². The molecule has 33 heavy (non-hydrogen) atoms. The molecule has 0 radical (unpaired) electrons. The second-order valence-corrected chi connectivity index (χ2v) is 9.47. The summed E-state index contributed by atoms with van der Waals surface area (Å²) in [5.74, 6) is 0.413. The van der Waals surface area contributed by atoms with Crippen molar-refractivity contribution in [3.05, 3.63) is 35.9 Å². The number of hydrogen-bond donors (Lipinski definition) is 2. The average molecular weight is 465 g/mol. The number of ether oxygens (including phenoxy) is 2. The topological polar surface area (TPSA) is 82.5 Å². The predicted molar refractivity (Wildman–Crippen MR) is 130 cm³/mol. The van der Waals surface area contributed by atoms with E-state index in [1.54, 1.807) is 11.8 Å². The Morgan fingerprint density at radius 2 is 1.91 bits per heavy atom. The van der Waals surface area contributed by atoms with Crippen molar-refractivity contribution >= 4 is 5.91 Å². The molecule has 1 saturated heterocycles. The van der Waals surface area contributed by atoms with Gasteiger partial charge in [-0.15, -0.1) is 0 Å². The number of nitrogens with zero attached hydrogens (tertiary/aromatic N) is 2. The minimum Gasteiger partial charge on any atom is -0.388 e. The number of amides is 1. The predicted octanol–water partition coefficient (Wildman–Crippen LogP) is 2.34. The smallest absolute Gasteiger partial charge is 0.219 e. The van der Waals surface area contributed by atoms with E-state index in [2.05, 4.69) is 43.0 Å². The molecule has 0 unspecified atom stereocenters. The number of carbonyl (C=O) groups excluding carboxylic acids is 1. The van der Waals surface area contributed by atoms with E-state index in [0.29, 0.717) is 25.7 Å². The van der Waals surface area contributed by atoms with Gasteiger partial charge < -0.3 is 29.5 Å². The van der Waals surface area contributed by atoms with Crippen molar-refractivity contribution in [1.82, 2.24) is 9.80 Å². The zero-order valence-electron chi connectivity index (χ0n) is 20.7. The normalized spacial score (nSPS) is 24.5. The third-order valence-electron chi connectivity index (χ3n) is 6.20. The first-order valence-corrected chi connectivity index (χ1v) is 12.4. The molecule has 0 saturated carbocycles. The summed E-state index contributed by atoms with van der Waals surface area (Å²) in [6.07, 6.45) is 0.854. The Bertz CT molecular complexity index is 657. The van der Waals surface area contributed by atoms with E-state index < -0.39 is 18.3 Å². The van der Waals surface area contributed by atoms with E-state index in [1.807, 2.05) is 6.07 Å². The molecule has 3 atom stereocenters. The highest BCUT2D eigenvalue weighted by atomic mass is 16.5. The molecule has 1 aromatic carbocycles. The highest BCUT2D eigenvalue weighted by Crippen LogP contribution is 2.12. The van der Waals surface area contributed by atoms with Crippen molar-refractivity contribution in [2.45, 2.75) is 64.8 Å². The number of carbonyl (C=O) groups is 1. The van der Waals surface area contributed by atoms with Gasteiger partial charge in [0.1, 0.15) is 18.3 Å². The molecular weight excluding hydrogens is 420 g/mol. The van der Waals surface area contributed by atoms with Crippen LogP contribution in [0.5, 0.6) is 0 Å². The van der Waals surface area contributed by atoms with Crippen molar-refractivity contribution in [3.8, 4) is 0 Å². The van der Waals surface area contributed by atoms with E-state index >= 15 is 0 Å². The van der Waals surface area contributed by atoms with Gasteiger partial charge in [-0.3, -0.25) is 4.79 Å². The second-order valence-electron chi connectivity index (χ2n) is 9.47. The first kappa shape index (κ1) is 27.7. The number of hydrogen-bond acceptors (Lipinski definition) is 6. The van der Waals surface area contributed by atoms with Gasteiger partial charge >= 0.3 is 0 Å². The van der Waals surface area contributed by atoms with Gasteiger partial charge in [-0.05, 0) is 43.7 Å². The summed E-state index contributed by atoms with van der Waals surface area (Å²) in [7, 11) is 0. The molecule has 1 aliphatic heterocycles. The van der Waals surface area contributed by atoms with Crippen LogP contribution in [-0.4, -0.2) is 96.8 Å². The van der Waals surface area contributed by atoms with Crippen LogP contribution in [0.4, 0.5) is 0 Å². The van der Waals surface area contributed by atoms with Crippen LogP contribution in [0.25, 0.3) is 0 Å². The number of aliphatic hydroxyl groups excluding tert-OH is 2. The summed E-state index contributed by atoms with van der Waals surface area (Å²) in [5, 5.41) is 21.2. The lowest BCUT2D eigenvalue weighted by Crippen LogP contribution is -2.50. The van der Waals surface area contributed by atoms with E-state index in [9.17, 15) is 15.0 Å². The molecule has 1 aliphatic rings. The molecule has 1 amide bonds. The van der Waals surface area contributed by atoms with Gasteiger partial charge in [-0.25, -0.2) is 0 Å². The largest absolute Gasteiger partial charge is 0.388 e. The zero-order chi connectivity index (χ0) is 24.1. The average Bonchev–Trinajstić information content (AvgIpc) is 2.79. The molecule has 0 spiro atoms. The molecule has 0 aromatic heterocycles. The summed E-state index contributed by atoms with van der Waals surface area (Å²) in [5.41, 5.74) is 1.30. The molecule has 1 fully saturated rings. The molecule has 7 heteroatoms.